The van der Waals surface area contributed by atoms with Crippen LogP contribution in [0.1, 0.15) is 11.3 Å². The fraction of sp³-hybridized carbons (Fsp3) is 0.136. The summed E-state index contributed by atoms with van der Waals surface area (Å²) in [5.41, 5.74) is 3.69. The maximum Gasteiger partial charge on any atom is 0.229 e. The number of hydrogen-bond acceptors (Lipinski definition) is 6. The molecule has 0 fully saturated rings. The van der Waals surface area contributed by atoms with Gasteiger partial charge in [0.1, 0.15) is 11.6 Å². The fourth-order valence-corrected chi connectivity index (χ4v) is 3.08. The van der Waals surface area contributed by atoms with Crippen LogP contribution in [0.3, 0.4) is 0 Å². The van der Waals surface area contributed by atoms with Crippen molar-refractivity contribution in [3.05, 3.63) is 78.1 Å². The van der Waals surface area contributed by atoms with Crippen molar-refractivity contribution >= 4 is 28.4 Å². The fourth-order valence-electron chi connectivity index (χ4n) is 3.08. The lowest BCUT2D eigenvalue weighted by Gasteiger charge is -2.12. The Balaban J connectivity index is 1.57. The molecule has 0 atom stereocenters. The lowest BCUT2D eigenvalue weighted by molar-refractivity contribution is 0.410. The molecule has 0 aliphatic carbocycles. The zero-order chi connectivity index (χ0) is 19.3. The van der Waals surface area contributed by atoms with Gasteiger partial charge in [-0.25, -0.2) is 4.98 Å². The predicted octanol–water partition coefficient (Wildman–Crippen LogP) is 4.70. The van der Waals surface area contributed by atoms with E-state index >= 15 is 0 Å². The molecule has 2 aromatic heterocycles. The summed E-state index contributed by atoms with van der Waals surface area (Å²) in [5.74, 6) is 2.12. The monoisotopic (exact) mass is 371 g/mol. The average Bonchev–Trinajstić information content (AvgIpc) is 2.72. The molecule has 140 valence electrons. The van der Waals surface area contributed by atoms with Crippen molar-refractivity contribution in [2.75, 3.05) is 17.7 Å². The quantitative estimate of drug-likeness (QED) is 0.512. The van der Waals surface area contributed by atoms with Crippen LogP contribution in [-0.2, 0) is 6.54 Å². The second kappa shape index (κ2) is 7.92. The molecule has 0 amide bonds. The molecule has 2 heterocycles. The Morgan fingerprint density at radius 2 is 1.82 bits per heavy atom. The van der Waals surface area contributed by atoms with Crippen molar-refractivity contribution in [3.63, 3.8) is 0 Å². The minimum Gasteiger partial charge on any atom is -0.496 e. The van der Waals surface area contributed by atoms with Gasteiger partial charge < -0.3 is 15.4 Å². The third-order valence-corrected chi connectivity index (χ3v) is 4.39. The molecule has 0 radical (unpaired) electrons. The van der Waals surface area contributed by atoms with Crippen molar-refractivity contribution in [1.29, 1.82) is 0 Å². The molecule has 28 heavy (non-hydrogen) atoms. The van der Waals surface area contributed by atoms with Crippen molar-refractivity contribution in [2.24, 2.45) is 0 Å². The van der Waals surface area contributed by atoms with Gasteiger partial charge in [0.25, 0.3) is 0 Å². The number of hydrogen-bond donors (Lipinski definition) is 2. The number of benzene rings is 2. The first-order chi connectivity index (χ1) is 13.7. The third-order valence-electron chi connectivity index (χ3n) is 4.39. The first-order valence-electron chi connectivity index (χ1n) is 9.05. The normalized spacial score (nSPS) is 10.6. The molecule has 0 bridgehead atoms. The van der Waals surface area contributed by atoms with Crippen LogP contribution >= 0.6 is 0 Å². The van der Waals surface area contributed by atoms with E-state index in [1.54, 1.807) is 13.3 Å². The molecule has 0 saturated heterocycles. The number of para-hydroxylation sites is 2. The number of aromatic nitrogens is 3. The van der Waals surface area contributed by atoms with E-state index in [2.05, 4.69) is 25.6 Å². The molecule has 4 rings (SSSR count). The van der Waals surface area contributed by atoms with E-state index in [0.717, 1.165) is 39.4 Å². The van der Waals surface area contributed by atoms with Crippen LogP contribution in [0.15, 0.2) is 66.9 Å². The Hall–Kier alpha value is -3.67. The number of fused-ring (bicyclic) bond motifs is 1. The molecule has 2 aromatic carbocycles. The highest BCUT2D eigenvalue weighted by Gasteiger charge is 2.07. The van der Waals surface area contributed by atoms with Gasteiger partial charge in [0.2, 0.25) is 5.95 Å². The SMILES string of the molecule is COc1ccccc1CNc1cc(C)nc(Nc2cccc3cccnc23)n1. The number of nitrogens with zero attached hydrogens (tertiary/aromatic N) is 3. The second-order valence-corrected chi connectivity index (χ2v) is 6.39. The molecule has 0 aliphatic rings. The van der Waals surface area contributed by atoms with Gasteiger partial charge in [-0.05, 0) is 25.1 Å². The highest BCUT2D eigenvalue weighted by Crippen LogP contribution is 2.24. The number of anilines is 3. The number of nitrogens with one attached hydrogen (secondary N) is 2. The van der Waals surface area contributed by atoms with Crippen LogP contribution in [-0.4, -0.2) is 22.1 Å². The lowest BCUT2D eigenvalue weighted by Crippen LogP contribution is -2.06. The van der Waals surface area contributed by atoms with E-state index in [4.69, 9.17) is 4.74 Å². The summed E-state index contributed by atoms with van der Waals surface area (Å²) >= 11 is 0. The Morgan fingerprint density at radius 3 is 2.71 bits per heavy atom. The van der Waals surface area contributed by atoms with Crippen LogP contribution in [0.25, 0.3) is 10.9 Å². The predicted molar refractivity (Wildman–Crippen MR) is 112 cm³/mol. The lowest BCUT2D eigenvalue weighted by atomic mass is 10.2. The number of ether oxygens (including phenoxy) is 1. The van der Waals surface area contributed by atoms with Gasteiger partial charge in [-0.2, -0.15) is 4.98 Å². The first kappa shape index (κ1) is 17.7. The Kier molecular flexibility index (Phi) is 5.01. The molecule has 0 unspecified atom stereocenters. The van der Waals surface area contributed by atoms with Crippen LogP contribution in [0.5, 0.6) is 5.75 Å². The van der Waals surface area contributed by atoms with Gasteiger partial charge in [0, 0.05) is 35.5 Å². The highest BCUT2D eigenvalue weighted by molar-refractivity contribution is 5.91. The maximum absolute atomic E-state index is 5.41. The van der Waals surface area contributed by atoms with Crippen molar-refractivity contribution < 1.29 is 4.74 Å². The van der Waals surface area contributed by atoms with Crippen LogP contribution in [0.4, 0.5) is 17.5 Å². The smallest absolute Gasteiger partial charge is 0.229 e. The summed E-state index contributed by atoms with van der Waals surface area (Å²) in [4.78, 5) is 13.6. The minimum atomic E-state index is 0.528. The van der Waals surface area contributed by atoms with Gasteiger partial charge in [0.05, 0.1) is 18.3 Å². The Labute approximate surface area is 163 Å². The van der Waals surface area contributed by atoms with E-state index < -0.39 is 0 Å². The van der Waals surface area contributed by atoms with Crippen LogP contribution in [0, 0.1) is 6.92 Å². The van der Waals surface area contributed by atoms with Gasteiger partial charge in [-0.15, -0.1) is 0 Å². The highest BCUT2D eigenvalue weighted by atomic mass is 16.5. The van der Waals surface area contributed by atoms with E-state index in [0.29, 0.717) is 12.5 Å². The molecule has 6 heteroatoms. The van der Waals surface area contributed by atoms with E-state index in [9.17, 15) is 0 Å². The number of methoxy groups -OCH3 is 1. The summed E-state index contributed by atoms with van der Waals surface area (Å²) in [5, 5.41) is 7.72. The summed E-state index contributed by atoms with van der Waals surface area (Å²) in [6.45, 7) is 2.55. The summed E-state index contributed by atoms with van der Waals surface area (Å²) < 4.78 is 5.41. The van der Waals surface area contributed by atoms with Gasteiger partial charge in [-0.1, -0.05) is 36.4 Å². The van der Waals surface area contributed by atoms with Crippen LogP contribution < -0.4 is 15.4 Å². The van der Waals surface area contributed by atoms with Crippen molar-refractivity contribution in [1.82, 2.24) is 15.0 Å². The van der Waals surface area contributed by atoms with Crippen LogP contribution in [0.2, 0.25) is 0 Å². The van der Waals surface area contributed by atoms with Gasteiger partial charge >= 0.3 is 0 Å². The topological polar surface area (TPSA) is 72.0 Å². The standard InChI is InChI=1S/C22H21N5O/c1-15-13-20(24-14-17-7-3-4-11-19(17)28-2)27-22(25-15)26-18-10-5-8-16-9-6-12-23-21(16)18/h3-13H,14H2,1-2H3,(H2,24,25,26,27). The molecule has 4 aromatic rings. The minimum absolute atomic E-state index is 0.528. The maximum atomic E-state index is 5.41. The average molecular weight is 371 g/mol. The van der Waals surface area contributed by atoms with E-state index in [1.165, 1.54) is 0 Å². The number of aryl methyl sites for hydroxylation is 1. The molecular weight excluding hydrogens is 350 g/mol. The zero-order valence-electron chi connectivity index (χ0n) is 15.8. The Bertz CT molecular complexity index is 1110. The summed E-state index contributed by atoms with van der Waals surface area (Å²) in [6, 6.07) is 19.8. The van der Waals surface area contributed by atoms with Crippen molar-refractivity contribution in [2.45, 2.75) is 13.5 Å². The molecule has 2 N–H and O–H groups in total. The van der Waals surface area contributed by atoms with Gasteiger partial charge in [0.15, 0.2) is 0 Å². The Morgan fingerprint density at radius 1 is 0.964 bits per heavy atom. The molecule has 0 spiro atoms. The third kappa shape index (κ3) is 3.86. The van der Waals surface area contributed by atoms with Crippen molar-refractivity contribution in [3.8, 4) is 5.75 Å². The summed E-state index contributed by atoms with van der Waals surface area (Å²) in [6.07, 6.45) is 1.78. The second-order valence-electron chi connectivity index (χ2n) is 6.39. The number of rotatable bonds is 6. The number of pyridine rings is 1. The first-order valence-corrected chi connectivity index (χ1v) is 9.05. The molecule has 6 nitrogen and oxygen atoms in total. The molecule has 0 saturated carbocycles. The zero-order valence-corrected chi connectivity index (χ0v) is 15.8. The summed E-state index contributed by atoms with van der Waals surface area (Å²) in [7, 11) is 1.67. The molecular formula is C22H21N5O. The molecule has 0 aliphatic heterocycles. The van der Waals surface area contributed by atoms with Gasteiger partial charge in [-0.3, -0.25) is 4.98 Å². The van der Waals surface area contributed by atoms with E-state index in [1.807, 2.05) is 67.6 Å². The van der Waals surface area contributed by atoms with E-state index in [-0.39, 0.29) is 0 Å². The largest absolute Gasteiger partial charge is 0.496 e.